The van der Waals surface area contributed by atoms with E-state index in [0.29, 0.717) is 21.8 Å². The molecule has 0 spiro atoms. The molecule has 1 amide bonds. The van der Waals surface area contributed by atoms with Gasteiger partial charge in [0.1, 0.15) is 0 Å². The van der Waals surface area contributed by atoms with E-state index in [1.54, 1.807) is 59.5 Å². The fraction of sp³-hybridized carbons (Fsp3) is 0.111. The smallest absolute Gasteiger partial charge is 0.253 e. The number of nitrogens with one attached hydrogen (secondary N) is 1. The van der Waals surface area contributed by atoms with Crippen molar-refractivity contribution < 1.29 is 9.90 Å². The van der Waals surface area contributed by atoms with E-state index < -0.39 is 6.10 Å². The third kappa shape index (κ3) is 3.48. The van der Waals surface area contributed by atoms with Crippen molar-refractivity contribution in [2.24, 2.45) is 0 Å². The van der Waals surface area contributed by atoms with E-state index in [1.165, 1.54) is 0 Å². The lowest BCUT2D eigenvalue weighted by atomic mass is 10.1. The Morgan fingerprint density at radius 1 is 1.17 bits per heavy atom. The summed E-state index contributed by atoms with van der Waals surface area (Å²) in [6, 6.07) is 16.0. The number of aliphatic hydroxyl groups is 1. The molecule has 0 bridgehead atoms. The highest BCUT2D eigenvalue weighted by atomic mass is 35.5. The second-order valence-electron chi connectivity index (χ2n) is 5.22. The molecule has 0 aliphatic rings. The van der Waals surface area contributed by atoms with Gasteiger partial charge in [0.2, 0.25) is 0 Å². The molecule has 5 nitrogen and oxygen atoms in total. The minimum absolute atomic E-state index is 0.0655. The first-order valence-corrected chi connectivity index (χ1v) is 7.84. The highest BCUT2D eigenvalue weighted by Gasteiger charge is 2.16. The summed E-state index contributed by atoms with van der Waals surface area (Å²) in [4.78, 5) is 12.5. The zero-order valence-corrected chi connectivity index (χ0v) is 13.5. The number of carbonyl (C=O) groups is 1. The van der Waals surface area contributed by atoms with Crippen LogP contribution in [0, 0.1) is 0 Å². The van der Waals surface area contributed by atoms with Gasteiger partial charge in [-0.1, -0.05) is 41.9 Å². The van der Waals surface area contributed by atoms with Crippen LogP contribution in [0.1, 0.15) is 22.0 Å². The van der Waals surface area contributed by atoms with Crippen LogP contribution in [0.15, 0.2) is 67.0 Å². The van der Waals surface area contributed by atoms with Crippen molar-refractivity contribution in [3.8, 4) is 5.69 Å². The number of amides is 1. The molecule has 1 aromatic heterocycles. The fourth-order valence-electron chi connectivity index (χ4n) is 2.42. The highest BCUT2D eigenvalue weighted by molar-refractivity contribution is 6.31. The van der Waals surface area contributed by atoms with Crippen LogP contribution < -0.4 is 5.32 Å². The number of carbonyl (C=O) groups excluding carboxylic acids is 1. The first-order valence-electron chi connectivity index (χ1n) is 7.46. The SMILES string of the molecule is O=C(NCC(O)c1ccccc1Cl)c1ccccc1-n1cccn1. The van der Waals surface area contributed by atoms with E-state index in [4.69, 9.17) is 11.6 Å². The number of hydrogen-bond acceptors (Lipinski definition) is 3. The zero-order chi connectivity index (χ0) is 16.9. The second-order valence-corrected chi connectivity index (χ2v) is 5.62. The van der Waals surface area contributed by atoms with Crippen molar-refractivity contribution in [1.82, 2.24) is 15.1 Å². The number of rotatable bonds is 5. The van der Waals surface area contributed by atoms with Crippen LogP contribution in [-0.4, -0.2) is 27.3 Å². The molecule has 0 aliphatic heterocycles. The predicted molar refractivity (Wildman–Crippen MR) is 92.3 cm³/mol. The van der Waals surface area contributed by atoms with Gasteiger partial charge in [0.25, 0.3) is 5.91 Å². The maximum Gasteiger partial charge on any atom is 0.253 e. The molecule has 122 valence electrons. The minimum atomic E-state index is -0.875. The van der Waals surface area contributed by atoms with Gasteiger partial charge in [-0.25, -0.2) is 4.68 Å². The topological polar surface area (TPSA) is 67.2 Å². The standard InChI is InChI=1S/C18H16ClN3O2/c19-15-8-3-1-6-13(15)17(23)12-20-18(24)14-7-2-4-9-16(14)22-11-5-10-21-22/h1-11,17,23H,12H2,(H,20,24). The highest BCUT2D eigenvalue weighted by Crippen LogP contribution is 2.22. The number of para-hydroxylation sites is 1. The molecule has 0 aliphatic carbocycles. The number of benzene rings is 2. The zero-order valence-electron chi connectivity index (χ0n) is 12.8. The van der Waals surface area contributed by atoms with E-state index >= 15 is 0 Å². The normalized spacial score (nSPS) is 11.9. The fourth-order valence-corrected chi connectivity index (χ4v) is 2.68. The maximum atomic E-state index is 12.5. The van der Waals surface area contributed by atoms with Gasteiger partial charge in [-0.05, 0) is 24.3 Å². The molecule has 6 heteroatoms. The summed E-state index contributed by atoms with van der Waals surface area (Å²) in [5, 5.41) is 17.6. The molecule has 0 saturated heterocycles. The van der Waals surface area contributed by atoms with Crippen molar-refractivity contribution in [2.45, 2.75) is 6.10 Å². The molecule has 0 saturated carbocycles. The lowest BCUT2D eigenvalue weighted by Gasteiger charge is -2.15. The minimum Gasteiger partial charge on any atom is -0.387 e. The second kappa shape index (κ2) is 7.29. The first kappa shape index (κ1) is 16.2. The molecular weight excluding hydrogens is 326 g/mol. The van der Waals surface area contributed by atoms with E-state index in [-0.39, 0.29) is 12.5 Å². The van der Waals surface area contributed by atoms with Gasteiger partial charge in [-0.15, -0.1) is 0 Å². The average Bonchev–Trinajstić information content (AvgIpc) is 3.14. The summed E-state index contributed by atoms with van der Waals surface area (Å²) >= 11 is 6.06. The number of aliphatic hydroxyl groups excluding tert-OH is 1. The molecule has 0 radical (unpaired) electrons. The molecule has 3 rings (SSSR count). The molecule has 1 heterocycles. The molecular formula is C18H16ClN3O2. The molecule has 2 N–H and O–H groups in total. The first-order chi connectivity index (χ1) is 11.7. The monoisotopic (exact) mass is 341 g/mol. The molecule has 1 atom stereocenters. The molecule has 3 aromatic rings. The Kier molecular flexibility index (Phi) is 4.93. The number of nitrogens with zero attached hydrogens (tertiary/aromatic N) is 2. The van der Waals surface area contributed by atoms with E-state index in [9.17, 15) is 9.90 Å². The Balaban J connectivity index is 1.74. The molecule has 0 fully saturated rings. The largest absolute Gasteiger partial charge is 0.387 e. The predicted octanol–water partition coefficient (Wildman–Crippen LogP) is 2.99. The van der Waals surface area contributed by atoms with E-state index in [2.05, 4.69) is 10.4 Å². The van der Waals surface area contributed by atoms with Gasteiger partial charge >= 0.3 is 0 Å². The molecule has 24 heavy (non-hydrogen) atoms. The summed E-state index contributed by atoms with van der Waals surface area (Å²) in [7, 11) is 0. The summed E-state index contributed by atoms with van der Waals surface area (Å²) in [5.41, 5.74) is 1.74. The number of halogens is 1. The van der Waals surface area contributed by atoms with Crippen LogP contribution in [0.4, 0.5) is 0 Å². The van der Waals surface area contributed by atoms with Gasteiger partial charge in [0.15, 0.2) is 0 Å². The Hall–Kier alpha value is -2.63. The van der Waals surface area contributed by atoms with Gasteiger partial charge in [-0.2, -0.15) is 5.10 Å². The lowest BCUT2D eigenvalue weighted by molar-refractivity contribution is 0.0916. The Morgan fingerprint density at radius 2 is 1.92 bits per heavy atom. The van der Waals surface area contributed by atoms with Crippen molar-refractivity contribution in [1.29, 1.82) is 0 Å². The van der Waals surface area contributed by atoms with Crippen molar-refractivity contribution in [2.75, 3.05) is 6.54 Å². The molecule has 2 aromatic carbocycles. The third-order valence-electron chi connectivity index (χ3n) is 3.62. The van der Waals surface area contributed by atoms with Crippen LogP contribution in [0.25, 0.3) is 5.69 Å². The Bertz CT molecular complexity index is 834. The Morgan fingerprint density at radius 3 is 2.67 bits per heavy atom. The van der Waals surface area contributed by atoms with Crippen LogP contribution in [0.5, 0.6) is 0 Å². The van der Waals surface area contributed by atoms with Crippen LogP contribution in [-0.2, 0) is 0 Å². The average molecular weight is 342 g/mol. The van der Waals surface area contributed by atoms with Crippen molar-refractivity contribution >= 4 is 17.5 Å². The van der Waals surface area contributed by atoms with Gasteiger partial charge in [0.05, 0.1) is 17.4 Å². The van der Waals surface area contributed by atoms with Gasteiger partial charge < -0.3 is 10.4 Å². The summed E-state index contributed by atoms with van der Waals surface area (Å²) in [5.74, 6) is -0.285. The summed E-state index contributed by atoms with van der Waals surface area (Å²) < 4.78 is 1.62. The van der Waals surface area contributed by atoms with E-state index in [1.807, 2.05) is 12.1 Å². The summed E-state index contributed by atoms with van der Waals surface area (Å²) in [6.07, 6.45) is 2.54. The van der Waals surface area contributed by atoms with Crippen molar-refractivity contribution in [3.05, 3.63) is 83.1 Å². The molecule has 1 unspecified atom stereocenters. The van der Waals surface area contributed by atoms with E-state index in [0.717, 1.165) is 0 Å². The van der Waals surface area contributed by atoms with Crippen LogP contribution >= 0.6 is 11.6 Å². The maximum absolute atomic E-state index is 12.5. The van der Waals surface area contributed by atoms with Gasteiger partial charge in [0, 0.05) is 29.5 Å². The third-order valence-corrected chi connectivity index (χ3v) is 3.96. The van der Waals surface area contributed by atoms with Crippen molar-refractivity contribution in [3.63, 3.8) is 0 Å². The van der Waals surface area contributed by atoms with Crippen LogP contribution in [0.2, 0.25) is 5.02 Å². The number of aromatic nitrogens is 2. The van der Waals surface area contributed by atoms with Crippen LogP contribution in [0.3, 0.4) is 0 Å². The quantitative estimate of drug-likeness (QED) is 0.749. The Labute approximate surface area is 144 Å². The number of hydrogen-bond donors (Lipinski definition) is 2. The van der Waals surface area contributed by atoms with Gasteiger partial charge in [-0.3, -0.25) is 4.79 Å². The summed E-state index contributed by atoms with van der Waals surface area (Å²) in [6.45, 7) is 0.0655. The lowest BCUT2D eigenvalue weighted by Crippen LogP contribution is -2.29.